The number of aromatic nitrogens is 3. The van der Waals surface area contributed by atoms with Gasteiger partial charge in [-0.15, -0.1) is 0 Å². The standard InChI is InChI=1S/C27H23N5O2/c28-19-22-18-21(3-6-26(22)34-24-7-10-29-11-8-24)25-9-12-30-27(31-25)17-20-1-4-23(5-2-20)32-13-15-33-16-14-32/h1-12,18H,13-17H2. The van der Waals surface area contributed by atoms with Gasteiger partial charge in [-0.2, -0.15) is 5.26 Å². The number of nitrogens with zero attached hydrogens (tertiary/aromatic N) is 5. The van der Waals surface area contributed by atoms with Gasteiger partial charge < -0.3 is 14.4 Å². The fourth-order valence-corrected chi connectivity index (χ4v) is 3.87. The van der Waals surface area contributed by atoms with Crippen LogP contribution in [-0.2, 0) is 11.2 Å². The van der Waals surface area contributed by atoms with Crippen LogP contribution in [0.15, 0.2) is 79.3 Å². The normalized spacial score (nSPS) is 13.3. The lowest BCUT2D eigenvalue weighted by Crippen LogP contribution is -2.36. The lowest BCUT2D eigenvalue weighted by atomic mass is 10.1. The third-order valence-electron chi connectivity index (χ3n) is 5.65. The number of hydrogen-bond donors (Lipinski definition) is 0. The maximum atomic E-state index is 9.65. The summed E-state index contributed by atoms with van der Waals surface area (Å²) in [5.41, 5.74) is 4.40. The van der Waals surface area contributed by atoms with E-state index < -0.39 is 0 Å². The summed E-state index contributed by atoms with van der Waals surface area (Å²) in [6.45, 7) is 3.38. The van der Waals surface area contributed by atoms with Gasteiger partial charge in [-0.1, -0.05) is 12.1 Å². The largest absolute Gasteiger partial charge is 0.456 e. The number of morpholine rings is 1. The highest BCUT2D eigenvalue weighted by atomic mass is 16.5. The second-order valence-corrected chi connectivity index (χ2v) is 7.91. The van der Waals surface area contributed by atoms with Crippen LogP contribution in [0.2, 0.25) is 0 Å². The molecule has 0 saturated carbocycles. The van der Waals surface area contributed by atoms with Gasteiger partial charge in [-0.25, -0.2) is 9.97 Å². The summed E-state index contributed by atoms with van der Waals surface area (Å²) < 4.78 is 11.3. The quantitative estimate of drug-likeness (QED) is 0.424. The molecule has 0 amide bonds. The number of benzene rings is 2. The smallest absolute Gasteiger partial charge is 0.145 e. The van der Waals surface area contributed by atoms with E-state index in [4.69, 9.17) is 14.5 Å². The van der Waals surface area contributed by atoms with Gasteiger partial charge in [0.05, 0.1) is 24.5 Å². The Kier molecular flexibility index (Phi) is 6.41. The molecule has 0 aliphatic carbocycles. The van der Waals surface area contributed by atoms with Gasteiger partial charge in [0.25, 0.3) is 0 Å². The fraction of sp³-hybridized carbons (Fsp3) is 0.185. The molecule has 0 bridgehead atoms. The number of rotatable bonds is 6. The first-order valence-corrected chi connectivity index (χ1v) is 11.1. The Bertz CT molecular complexity index is 1300. The van der Waals surface area contributed by atoms with E-state index in [0.29, 0.717) is 23.5 Å². The van der Waals surface area contributed by atoms with E-state index in [9.17, 15) is 5.26 Å². The zero-order valence-electron chi connectivity index (χ0n) is 18.6. The van der Waals surface area contributed by atoms with Crippen molar-refractivity contribution >= 4 is 5.69 Å². The predicted octanol–water partition coefficient (Wildman–Crippen LogP) is 4.63. The van der Waals surface area contributed by atoms with E-state index in [-0.39, 0.29) is 0 Å². The second-order valence-electron chi connectivity index (χ2n) is 7.91. The second kappa shape index (κ2) is 10.1. The molecule has 1 saturated heterocycles. The summed E-state index contributed by atoms with van der Waals surface area (Å²) in [5.74, 6) is 1.85. The van der Waals surface area contributed by atoms with Crippen LogP contribution in [0, 0.1) is 11.3 Å². The summed E-state index contributed by atoms with van der Waals surface area (Å²) in [6, 6.07) is 21.6. The Balaban J connectivity index is 1.32. The molecule has 0 radical (unpaired) electrons. The molecule has 7 heteroatoms. The summed E-state index contributed by atoms with van der Waals surface area (Å²) in [5, 5.41) is 9.65. The van der Waals surface area contributed by atoms with Crippen LogP contribution in [0.3, 0.4) is 0 Å². The molecule has 3 heterocycles. The zero-order valence-corrected chi connectivity index (χ0v) is 18.6. The molecule has 0 spiro atoms. The van der Waals surface area contributed by atoms with Gasteiger partial charge in [0.2, 0.25) is 0 Å². The van der Waals surface area contributed by atoms with Crippen LogP contribution < -0.4 is 9.64 Å². The van der Waals surface area contributed by atoms with E-state index in [1.807, 2.05) is 12.1 Å². The van der Waals surface area contributed by atoms with Crippen LogP contribution in [0.25, 0.3) is 11.3 Å². The molecule has 0 atom stereocenters. The van der Waals surface area contributed by atoms with Crippen LogP contribution in [0.5, 0.6) is 11.5 Å². The number of ether oxygens (including phenoxy) is 2. The maximum absolute atomic E-state index is 9.65. The number of nitriles is 1. The molecule has 4 aromatic rings. The molecular formula is C27H23N5O2. The zero-order chi connectivity index (χ0) is 23.2. The van der Waals surface area contributed by atoms with Gasteiger partial charge in [0, 0.05) is 49.4 Å². The van der Waals surface area contributed by atoms with Crippen LogP contribution >= 0.6 is 0 Å². The molecule has 2 aromatic heterocycles. The average Bonchev–Trinajstić information content (AvgIpc) is 2.91. The predicted molar refractivity (Wildman–Crippen MR) is 129 cm³/mol. The number of hydrogen-bond acceptors (Lipinski definition) is 7. The third kappa shape index (κ3) is 5.03. The van der Waals surface area contributed by atoms with Crippen molar-refractivity contribution in [3.63, 3.8) is 0 Å². The summed E-state index contributed by atoms with van der Waals surface area (Å²) >= 11 is 0. The van der Waals surface area contributed by atoms with Crippen molar-refractivity contribution in [1.82, 2.24) is 15.0 Å². The highest BCUT2D eigenvalue weighted by Crippen LogP contribution is 2.29. The minimum absolute atomic E-state index is 0.438. The Morgan fingerprint density at radius 1 is 0.941 bits per heavy atom. The van der Waals surface area contributed by atoms with Crippen molar-refractivity contribution in [1.29, 1.82) is 5.26 Å². The van der Waals surface area contributed by atoms with E-state index in [1.54, 1.807) is 42.9 Å². The highest BCUT2D eigenvalue weighted by molar-refractivity contribution is 5.64. The molecule has 168 valence electrons. The fourth-order valence-electron chi connectivity index (χ4n) is 3.87. The molecule has 1 aliphatic rings. The minimum Gasteiger partial charge on any atom is -0.456 e. The topological polar surface area (TPSA) is 84.2 Å². The monoisotopic (exact) mass is 449 g/mol. The first-order chi connectivity index (χ1) is 16.8. The summed E-state index contributed by atoms with van der Waals surface area (Å²) in [4.78, 5) is 15.5. The Morgan fingerprint density at radius 3 is 2.50 bits per heavy atom. The van der Waals surface area contributed by atoms with Crippen molar-refractivity contribution in [3.05, 3.63) is 96.2 Å². The molecule has 2 aromatic carbocycles. The molecule has 34 heavy (non-hydrogen) atoms. The van der Waals surface area contributed by atoms with Crippen molar-refractivity contribution in [3.8, 4) is 28.8 Å². The SMILES string of the molecule is N#Cc1cc(-c2ccnc(Cc3ccc(N4CCOCC4)cc3)n2)ccc1Oc1ccncc1. The summed E-state index contributed by atoms with van der Waals surface area (Å²) in [7, 11) is 0. The van der Waals surface area contributed by atoms with Crippen molar-refractivity contribution in [2.75, 3.05) is 31.2 Å². The first-order valence-electron chi connectivity index (χ1n) is 11.1. The van der Waals surface area contributed by atoms with E-state index in [2.05, 4.69) is 45.2 Å². The molecule has 1 fully saturated rings. The Morgan fingerprint density at radius 2 is 1.74 bits per heavy atom. The van der Waals surface area contributed by atoms with Gasteiger partial charge in [0.1, 0.15) is 23.4 Å². The van der Waals surface area contributed by atoms with Gasteiger partial charge in [0.15, 0.2) is 0 Å². The molecule has 0 unspecified atom stereocenters. The number of anilines is 1. The molecular weight excluding hydrogens is 426 g/mol. The first kappa shape index (κ1) is 21.6. The van der Waals surface area contributed by atoms with E-state index in [1.165, 1.54) is 5.69 Å². The molecule has 7 nitrogen and oxygen atoms in total. The number of pyridine rings is 1. The molecule has 1 aliphatic heterocycles. The average molecular weight is 450 g/mol. The van der Waals surface area contributed by atoms with Gasteiger partial charge >= 0.3 is 0 Å². The van der Waals surface area contributed by atoms with Crippen LogP contribution in [-0.4, -0.2) is 41.3 Å². The lowest BCUT2D eigenvalue weighted by Gasteiger charge is -2.28. The molecule has 0 N–H and O–H groups in total. The van der Waals surface area contributed by atoms with Crippen LogP contribution in [0.1, 0.15) is 17.0 Å². The van der Waals surface area contributed by atoms with Gasteiger partial charge in [-0.3, -0.25) is 4.98 Å². The van der Waals surface area contributed by atoms with E-state index in [0.717, 1.165) is 48.9 Å². The van der Waals surface area contributed by atoms with E-state index >= 15 is 0 Å². The van der Waals surface area contributed by atoms with Crippen molar-refractivity contribution in [2.24, 2.45) is 0 Å². The minimum atomic E-state index is 0.438. The maximum Gasteiger partial charge on any atom is 0.145 e. The molecule has 5 rings (SSSR count). The Hall–Kier alpha value is -4.28. The van der Waals surface area contributed by atoms with Crippen molar-refractivity contribution < 1.29 is 9.47 Å². The van der Waals surface area contributed by atoms with Crippen LogP contribution in [0.4, 0.5) is 5.69 Å². The van der Waals surface area contributed by atoms with Gasteiger partial charge in [-0.05, 0) is 54.1 Å². The van der Waals surface area contributed by atoms with Crippen molar-refractivity contribution in [2.45, 2.75) is 6.42 Å². The summed E-state index contributed by atoms with van der Waals surface area (Å²) in [6.07, 6.45) is 5.68. The highest BCUT2D eigenvalue weighted by Gasteiger charge is 2.12. The lowest BCUT2D eigenvalue weighted by molar-refractivity contribution is 0.122. The third-order valence-corrected chi connectivity index (χ3v) is 5.65. The Labute approximate surface area is 198 Å².